The van der Waals surface area contributed by atoms with Gasteiger partial charge in [-0.25, -0.2) is 15.0 Å². The highest BCUT2D eigenvalue weighted by Gasteiger charge is 2.20. The van der Waals surface area contributed by atoms with E-state index in [9.17, 15) is 0 Å². The van der Waals surface area contributed by atoms with Gasteiger partial charge in [-0.15, -0.1) is 0 Å². The smallest absolute Gasteiger partial charge is 0.164 e. The van der Waals surface area contributed by atoms with Gasteiger partial charge in [0, 0.05) is 33.0 Å². The maximum absolute atomic E-state index is 5.14. The van der Waals surface area contributed by atoms with Crippen molar-refractivity contribution >= 4 is 21.8 Å². The van der Waals surface area contributed by atoms with Gasteiger partial charge in [0.2, 0.25) is 0 Å². The van der Waals surface area contributed by atoms with E-state index in [0.717, 1.165) is 50.1 Å². The number of nitrogens with zero attached hydrogens (tertiary/aromatic N) is 4. The second-order valence-electron chi connectivity index (χ2n) is 15.2. The normalized spacial score (nSPS) is 11.3. The summed E-state index contributed by atoms with van der Waals surface area (Å²) in [6.45, 7) is 0. The van der Waals surface area contributed by atoms with Crippen LogP contribution in [0.5, 0.6) is 0 Å². The first kappa shape index (κ1) is 35.9. The van der Waals surface area contributed by atoms with Crippen LogP contribution in [-0.2, 0) is 0 Å². The van der Waals surface area contributed by atoms with Crippen LogP contribution in [0.2, 0.25) is 0 Å². The van der Waals surface area contributed by atoms with Crippen molar-refractivity contribution in [1.29, 1.82) is 0 Å². The lowest BCUT2D eigenvalue weighted by molar-refractivity contribution is 1.07. The van der Waals surface area contributed by atoms with Crippen LogP contribution in [0.3, 0.4) is 0 Å². The van der Waals surface area contributed by atoms with Gasteiger partial charge in [-0.3, -0.25) is 0 Å². The molecule has 0 aliphatic carbocycles. The topological polar surface area (TPSA) is 43.6 Å². The summed E-state index contributed by atoms with van der Waals surface area (Å²) in [6, 6.07) is 81.4. The average Bonchev–Trinajstić information content (AvgIpc) is 3.68. The molecule has 0 spiro atoms. The third-order valence-corrected chi connectivity index (χ3v) is 11.5. The molecule has 0 atom stereocenters. The Kier molecular flexibility index (Phi) is 9.14. The Balaban J connectivity index is 1.17. The molecule has 0 amide bonds. The van der Waals surface area contributed by atoms with E-state index in [1.165, 1.54) is 38.6 Å². The van der Waals surface area contributed by atoms with Gasteiger partial charge in [-0.1, -0.05) is 182 Å². The van der Waals surface area contributed by atoms with E-state index in [-0.39, 0.29) is 0 Å². The molecule has 0 fully saturated rings. The predicted octanol–water partition coefficient (Wildman–Crippen LogP) is 14.6. The zero-order valence-corrected chi connectivity index (χ0v) is 33.2. The molecule has 4 nitrogen and oxygen atoms in total. The van der Waals surface area contributed by atoms with Crippen LogP contribution in [0.4, 0.5) is 0 Å². The Labute approximate surface area is 354 Å². The van der Waals surface area contributed by atoms with Crippen LogP contribution < -0.4 is 0 Å². The maximum atomic E-state index is 5.14. The van der Waals surface area contributed by atoms with Gasteiger partial charge in [0.05, 0.1) is 16.7 Å². The number of hydrogen-bond donors (Lipinski definition) is 0. The van der Waals surface area contributed by atoms with Crippen molar-refractivity contribution in [1.82, 2.24) is 19.5 Å². The van der Waals surface area contributed by atoms with Crippen LogP contribution in [0.25, 0.3) is 106 Å². The molecule has 0 aliphatic heterocycles. The van der Waals surface area contributed by atoms with Gasteiger partial charge in [0.15, 0.2) is 17.5 Å². The zero-order chi connectivity index (χ0) is 40.5. The first-order valence-electron chi connectivity index (χ1n) is 20.6. The van der Waals surface area contributed by atoms with Gasteiger partial charge in [-0.05, 0) is 87.5 Å². The molecule has 2 heterocycles. The lowest BCUT2D eigenvalue weighted by atomic mass is 9.96. The number of fused-ring (bicyclic) bond motifs is 3. The van der Waals surface area contributed by atoms with Gasteiger partial charge >= 0.3 is 0 Å². The van der Waals surface area contributed by atoms with Crippen molar-refractivity contribution in [3.8, 4) is 84.4 Å². The number of rotatable bonds is 8. The highest BCUT2D eigenvalue weighted by atomic mass is 15.0. The molecule has 11 aromatic rings. The van der Waals surface area contributed by atoms with Gasteiger partial charge in [0.1, 0.15) is 0 Å². The monoisotopic (exact) mass is 778 g/mol. The molecule has 61 heavy (non-hydrogen) atoms. The minimum Gasteiger partial charge on any atom is -0.309 e. The fraction of sp³-hybridized carbons (Fsp3) is 0. The quantitative estimate of drug-likeness (QED) is 0.154. The molecule has 0 saturated carbocycles. The average molecular weight is 779 g/mol. The molecule has 286 valence electrons. The van der Waals surface area contributed by atoms with Crippen LogP contribution >= 0.6 is 0 Å². The minimum atomic E-state index is 0.613. The van der Waals surface area contributed by atoms with E-state index in [0.29, 0.717) is 17.5 Å². The van der Waals surface area contributed by atoms with Crippen molar-refractivity contribution in [2.45, 2.75) is 0 Å². The highest BCUT2D eigenvalue weighted by Crippen LogP contribution is 2.41. The summed E-state index contributed by atoms with van der Waals surface area (Å²) in [5.41, 5.74) is 15.3. The summed E-state index contributed by atoms with van der Waals surface area (Å²) >= 11 is 0. The Morgan fingerprint density at radius 1 is 0.246 bits per heavy atom. The lowest BCUT2D eigenvalue weighted by Crippen LogP contribution is -2.02. The van der Waals surface area contributed by atoms with Crippen molar-refractivity contribution in [2.24, 2.45) is 0 Å². The Morgan fingerprint density at radius 3 is 1.07 bits per heavy atom. The first-order valence-corrected chi connectivity index (χ1v) is 20.6. The zero-order valence-electron chi connectivity index (χ0n) is 33.2. The van der Waals surface area contributed by atoms with Crippen molar-refractivity contribution in [3.63, 3.8) is 0 Å². The molecule has 4 heteroatoms. The maximum Gasteiger partial charge on any atom is 0.164 e. The molecule has 11 rings (SSSR count). The molecular weight excluding hydrogens is 741 g/mol. The predicted molar refractivity (Wildman–Crippen MR) is 252 cm³/mol. The number of benzene rings is 9. The van der Waals surface area contributed by atoms with Gasteiger partial charge in [0.25, 0.3) is 0 Å². The summed E-state index contributed by atoms with van der Waals surface area (Å²) in [7, 11) is 0. The van der Waals surface area contributed by atoms with E-state index < -0.39 is 0 Å². The largest absolute Gasteiger partial charge is 0.309 e. The molecule has 0 radical (unpaired) electrons. The molecule has 9 aromatic carbocycles. The minimum absolute atomic E-state index is 0.613. The Bertz CT molecular complexity index is 3170. The second kappa shape index (κ2) is 15.5. The molecule has 2 aromatic heterocycles. The van der Waals surface area contributed by atoms with Crippen molar-refractivity contribution in [2.75, 3.05) is 0 Å². The van der Waals surface area contributed by atoms with E-state index in [1.54, 1.807) is 0 Å². The van der Waals surface area contributed by atoms with E-state index in [4.69, 9.17) is 15.0 Å². The number of hydrogen-bond acceptors (Lipinski definition) is 3. The summed E-state index contributed by atoms with van der Waals surface area (Å²) in [5, 5.41) is 2.39. The molecule has 0 saturated heterocycles. The fourth-order valence-electron chi connectivity index (χ4n) is 8.44. The van der Waals surface area contributed by atoms with Crippen molar-refractivity contribution in [3.05, 3.63) is 231 Å². The second-order valence-corrected chi connectivity index (χ2v) is 15.2. The lowest BCUT2D eigenvalue weighted by Gasteiger charge is -2.17. The molecule has 0 aliphatic rings. The SMILES string of the molecule is c1ccc(-c2cccc(-c3cc(-c4nc(-c5ccccc5)nc(-c5ccccc5)n4)ccc3-n3c4ccc(-c5ccccc5)cc4c4cc(-c5ccccc5)ccc43)c2)cc1. The third-order valence-electron chi connectivity index (χ3n) is 11.5. The van der Waals surface area contributed by atoms with Gasteiger partial charge in [-0.2, -0.15) is 0 Å². The first-order chi connectivity index (χ1) is 30.2. The van der Waals surface area contributed by atoms with Crippen LogP contribution in [0.15, 0.2) is 231 Å². The Morgan fingerprint density at radius 2 is 0.607 bits per heavy atom. The van der Waals surface area contributed by atoms with Crippen LogP contribution in [0.1, 0.15) is 0 Å². The van der Waals surface area contributed by atoms with E-state index in [2.05, 4.69) is 174 Å². The highest BCUT2D eigenvalue weighted by molar-refractivity contribution is 6.12. The summed E-state index contributed by atoms with van der Waals surface area (Å²) in [6.07, 6.45) is 0. The molecule has 0 unspecified atom stereocenters. The standard InChI is InChI=1S/C57H38N4/c1-6-17-39(18-7-1)44-27-16-28-47(35-44)49-38-48(57-59-55(42-23-12-4-13-24-42)58-56(60-57)43-25-14-5-15-26-43)31-34-52(49)61-53-32-29-45(40-19-8-2-9-20-40)36-50(53)51-37-46(30-33-54(51)61)41-21-10-3-11-22-41/h1-38H. The van der Waals surface area contributed by atoms with Crippen LogP contribution in [0, 0.1) is 0 Å². The van der Waals surface area contributed by atoms with E-state index >= 15 is 0 Å². The molecule has 0 N–H and O–H groups in total. The summed E-state index contributed by atoms with van der Waals surface area (Å²) < 4.78 is 2.43. The van der Waals surface area contributed by atoms with Crippen molar-refractivity contribution < 1.29 is 0 Å². The summed E-state index contributed by atoms with van der Waals surface area (Å²) in [5.74, 6) is 1.88. The molecular formula is C57H38N4. The molecule has 0 bridgehead atoms. The van der Waals surface area contributed by atoms with E-state index in [1.807, 2.05) is 60.7 Å². The van der Waals surface area contributed by atoms with Gasteiger partial charge < -0.3 is 4.57 Å². The third kappa shape index (κ3) is 6.86. The van der Waals surface area contributed by atoms with Crippen LogP contribution in [-0.4, -0.2) is 19.5 Å². The number of aromatic nitrogens is 4. The Hall–Kier alpha value is -8.21. The summed E-state index contributed by atoms with van der Waals surface area (Å²) in [4.78, 5) is 15.3. The fourth-order valence-corrected chi connectivity index (χ4v) is 8.44.